The number of para-hydroxylation sites is 1. The third kappa shape index (κ3) is 3.15. The van der Waals surface area contributed by atoms with Crippen molar-refractivity contribution >= 4 is 16.8 Å². The molecule has 5 heteroatoms. The molecule has 1 aromatic carbocycles. The number of aromatic amines is 1. The van der Waals surface area contributed by atoms with Gasteiger partial charge in [-0.3, -0.25) is 4.79 Å². The van der Waals surface area contributed by atoms with E-state index in [-0.39, 0.29) is 12.5 Å². The summed E-state index contributed by atoms with van der Waals surface area (Å²) in [6, 6.07) is 6.06. The normalized spacial score (nSPS) is 17.5. The fourth-order valence-electron chi connectivity index (χ4n) is 2.94. The van der Waals surface area contributed by atoms with Gasteiger partial charge < -0.3 is 20.1 Å². The minimum atomic E-state index is -0.829. The lowest BCUT2D eigenvalue weighted by molar-refractivity contribution is -0.123. The Hall–Kier alpha value is -1.85. The number of amides is 1. The van der Waals surface area contributed by atoms with Crippen LogP contribution in [0, 0.1) is 6.92 Å². The molecule has 1 amide bonds. The summed E-state index contributed by atoms with van der Waals surface area (Å²) in [6.07, 6.45) is 3.34. The predicted octanol–water partition coefficient (Wildman–Crippen LogP) is 1.68. The van der Waals surface area contributed by atoms with Gasteiger partial charge in [-0.2, -0.15) is 0 Å². The van der Waals surface area contributed by atoms with Crippen LogP contribution in [0.2, 0.25) is 0 Å². The Bertz CT molecular complexity index is 672. The molecule has 1 aliphatic heterocycles. The summed E-state index contributed by atoms with van der Waals surface area (Å²) in [7, 11) is 0. The van der Waals surface area contributed by atoms with Crippen molar-refractivity contribution in [3.63, 3.8) is 0 Å². The molecular formula is C17H22N2O3. The van der Waals surface area contributed by atoms with E-state index in [0.717, 1.165) is 16.5 Å². The predicted molar refractivity (Wildman–Crippen MR) is 84.8 cm³/mol. The smallest absolute Gasteiger partial charge is 0.224 e. The largest absolute Gasteiger partial charge is 0.388 e. The van der Waals surface area contributed by atoms with Crippen LogP contribution in [0.4, 0.5) is 0 Å². The molecule has 0 radical (unpaired) electrons. The molecule has 0 atom stereocenters. The number of fused-ring (bicyclic) bond motifs is 1. The molecule has 0 bridgehead atoms. The van der Waals surface area contributed by atoms with Crippen LogP contribution in [0.5, 0.6) is 0 Å². The number of aromatic nitrogens is 1. The second-order valence-corrected chi connectivity index (χ2v) is 6.10. The van der Waals surface area contributed by atoms with Crippen LogP contribution in [0.15, 0.2) is 24.4 Å². The van der Waals surface area contributed by atoms with Crippen LogP contribution in [0.25, 0.3) is 10.9 Å². The van der Waals surface area contributed by atoms with Crippen LogP contribution < -0.4 is 5.32 Å². The highest BCUT2D eigenvalue weighted by Gasteiger charge is 2.30. The highest BCUT2D eigenvalue weighted by atomic mass is 16.5. The molecule has 1 aliphatic rings. The SMILES string of the molecule is Cc1cccc2c(CC(=O)NCC3(O)CCOCC3)c[nH]c12. The highest BCUT2D eigenvalue weighted by Crippen LogP contribution is 2.22. The van der Waals surface area contributed by atoms with E-state index in [9.17, 15) is 9.90 Å². The van der Waals surface area contributed by atoms with Gasteiger partial charge in [0.1, 0.15) is 0 Å². The Labute approximate surface area is 129 Å². The summed E-state index contributed by atoms with van der Waals surface area (Å²) in [4.78, 5) is 15.4. The second kappa shape index (κ2) is 6.10. The van der Waals surface area contributed by atoms with E-state index < -0.39 is 5.60 Å². The molecule has 3 rings (SSSR count). The van der Waals surface area contributed by atoms with Crippen molar-refractivity contribution in [2.24, 2.45) is 0 Å². The Morgan fingerprint density at radius 3 is 2.95 bits per heavy atom. The lowest BCUT2D eigenvalue weighted by atomic mass is 9.94. The molecular weight excluding hydrogens is 280 g/mol. The van der Waals surface area contributed by atoms with Crippen molar-refractivity contribution in [3.05, 3.63) is 35.5 Å². The van der Waals surface area contributed by atoms with Crippen molar-refractivity contribution in [1.82, 2.24) is 10.3 Å². The quantitative estimate of drug-likeness (QED) is 0.804. The van der Waals surface area contributed by atoms with Crippen molar-refractivity contribution in [1.29, 1.82) is 0 Å². The number of ether oxygens (including phenoxy) is 1. The summed E-state index contributed by atoms with van der Waals surface area (Å²) in [6.45, 7) is 3.43. The Kier molecular flexibility index (Phi) is 4.18. The van der Waals surface area contributed by atoms with Crippen molar-refractivity contribution < 1.29 is 14.6 Å². The standard InChI is InChI=1S/C17H22N2O3/c1-12-3-2-4-14-13(10-18-16(12)14)9-15(20)19-11-17(21)5-7-22-8-6-17/h2-4,10,18,21H,5-9,11H2,1H3,(H,19,20). The topological polar surface area (TPSA) is 74.3 Å². The van der Waals surface area contributed by atoms with Gasteiger partial charge in [0.25, 0.3) is 0 Å². The average molecular weight is 302 g/mol. The monoisotopic (exact) mass is 302 g/mol. The summed E-state index contributed by atoms with van der Waals surface area (Å²) in [5.41, 5.74) is 2.40. The molecule has 22 heavy (non-hydrogen) atoms. The molecule has 3 N–H and O–H groups in total. The number of benzene rings is 1. The van der Waals surface area contributed by atoms with E-state index in [4.69, 9.17) is 4.74 Å². The number of carbonyl (C=O) groups excluding carboxylic acids is 1. The molecule has 2 aromatic rings. The minimum Gasteiger partial charge on any atom is -0.388 e. The van der Waals surface area contributed by atoms with Crippen LogP contribution in [-0.4, -0.2) is 41.4 Å². The van der Waals surface area contributed by atoms with Crippen LogP contribution in [0.1, 0.15) is 24.0 Å². The molecule has 0 spiro atoms. The summed E-state index contributed by atoms with van der Waals surface area (Å²) >= 11 is 0. The van der Waals surface area contributed by atoms with E-state index in [1.807, 2.05) is 31.3 Å². The number of H-pyrrole nitrogens is 1. The maximum absolute atomic E-state index is 12.2. The number of nitrogens with one attached hydrogen (secondary N) is 2. The number of hydrogen-bond donors (Lipinski definition) is 3. The maximum Gasteiger partial charge on any atom is 0.224 e. The molecule has 118 valence electrons. The van der Waals surface area contributed by atoms with E-state index in [1.54, 1.807) is 0 Å². The summed E-state index contributed by atoms with van der Waals surface area (Å²) in [5, 5.41) is 14.3. The zero-order valence-electron chi connectivity index (χ0n) is 12.8. The third-order valence-corrected chi connectivity index (χ3v) is 4.40. The van der Waals surface area contributed by atoms with Gasteiger partial charge >= 0.3 is 0 Å². The lowest BCUT2D eigenvalue weighted by Crippen LogP contribution is -2.46. The Morgan fingerprint density at radius 2 is 2.18 bits per heavy atom. The van der Waals surface area contributed by atoms with Crippen molar-refractivity contribution in [2.45, 2.75) is 31.8 Å². The van der Waals surface area contributed by atoms with Gasteiger partial charge in [-0.25, -0.2) is 0 Å². The summed E-state index contributed by atoms with van der Waals surface area (Å²) < 4.78 is 5.24. The first-order valence-electron chi connectivity index (χ1n) is 7.70. The first-order valence-corrected chi connectivity index (χ1v) is 7.70. The molecule has 0 saturated carbocycles. The van der Waals surface area contributed by atoms with Gasteiger partial charge in [-0.1, -0.05) is 18.2 Å². The number of rotatable bonds is 4. The average Bonchev–Trinajstić information content (AvgIpc) is 2.91. The molecule has 1 fully saturated rings. The van der Waals surface area contributed by atoms with Gasteiger partial charge in [0.05, 0.1) is 12.0 Å². The molecule has 0 unspecified atom stereocenters. The lowest BCUT2D eigenvalue weighted by Gasteiger charge is -2.32. The van der Waals surface area contributed by atoms with E-state index in [2.05, 4.69) is 10.3 Å². The van der Waals surface area contributed by atoms with Crippen LogP contribution in [-0.2, 0) is 16.0 Å². The molecule has 1 aromatic heterocycles. The van der Waals surface area contributed by atoms with Crippen LogP contribution in [0.3, 0.4) is 0 Å². The fourth-order valence-corrected chi connectivity index (χ4v) is 2.94. The van der Waals surface area contributed by atoms with Gasteiger partial charge in [0, 0.05) is 49.7 Å². The zero-order chi connectivity index (χ0) is 15.6. The number of carbonyl (C=O) groups is 1. The molecule has 2 heterocycles. The number of aliphatic hydroxyl groups is 1. The number of hydrogen-bond acceptors (Lipinski definition) is 3. The third-order valence-electron chi connectivity index (χ3n) is 4.40. The van der Waals surface area contributed by atoms with E-state index in [1.165, 1.54) is 5.56 Å². The second-order valence-electron chi connectivity index (χ2n) is 6.10. The maximum atomic E-state index is 12.2. The molecule has 5 nitrogen and oxygen atoms in total. The van der Waals surface area contributed by atoms with Gasteiger partial charge in [0.15, 0.2) is 0 Å². The van der Waals surface area contributed by atoms with Crippen molar-refractivity contribution in [3.8, 4) is 0 Å². The fraction of sp³-hybridized carbons (Fsp3) is 0.471. The highest BCUT2D eigenvalue weighted by molar-refractivity contribution is 5.90. The number of aryl methyl sites for hydroxylation is 1. The van der Waals surface area contributed by atoms with Crippen molar-refractivity contribution in [2.75, 3.05) is 19.8 Å². The zero-order valence-corrected chi connectivity index (χ0v) is 12.8. The van der Waals surface area contributed by atoms with E-state index in [0.29, 0.717) is 32.5 Å². The Morgan fingerprint density at radius 1 is 1.41 bits per heavy atom. The Balaban J connectivity index is 1.62. The summed E-state index contributed by atoms with van der Waals surface area (Å²) in [5.74, 6) is -0.0673. The van der Waals surface area contributed by atoms with Gasteiger partial charge in [0.2, 0.25) is 5.91 Å². The van der Waals surface area contributed by atoms with Crippen LogP contribution >= 0.6 is 0 Å². The minimum absolute atomic E-state index is 0.0673. The van der Waals surface area contributed by atoms with Gasteiger partial charge in [-0.15, -0.1) is 0 Å². The first kappa shape index (κ1) is 15.1. The first-order chi connectivity index (χ1) is 10.6. The van der Waals surface area contributed by atoms with Gasteiger partial charge in [-0.05, 0) is 18.1 Å². The molecule has 0 aliphatic carbocycles. The molecule has 1 saturated heterocycles. The van der Waals surface area contributed by atoms with E-state index >= 15 is 0 Å².